The Morgan fingerprint density at radius 2 is 2.07 bits per heavy atom. The van der Waals surface area contributed by atoms with Crippen molar-refractivity contribution in [1.29, 1.82) is 5.41 Å². The number of amides is 1. The fourth-order valence-electron chi connectivity index (χ4n) is 0.884. The third-order valence-corrected chi connectivity index (χ3v) is 1.63. The van der Waals surface area contributed by atoms with Gasteiger partial charge in [0, 0.05) is 12.3 Å². The highest BCUT2D eigenvalue weighted by Crippen LogP contribution is 2.02. The topological polar surface area (TPSA) is 78.7 Å². The zero-order valence-corrected chi connectivity index (χ0v) is 8.61. The molecule has 78 valence electrons. The molecule has 1 heterocycles. The predicted molar refractivity (Wildman–Crippen MR) is 57.9 cm³/mol. The molecule has 1 aromatic rings. The first-order valence-electron chi connectivity index (χ1n) is 4.40. The van der Waals surface area contributed by atoms with Gasteiger partial charge in [-0.1, -0.05) is 0 Å². The molecular weight excluding hydrogens is 192 g/mol. The van der Waals surface area contributed by atoms with Crippen LogP contribution in [-0.2, 0) is 4.79 Å². The number of carbonyl (C=O) groups is 1. The number of aryl methyl sites for hydroxylation is 1. The summed E-state index contributed by atoms with van der Waals surface area (Å²) in [6.45, 7) is 3.45. The first kappa shape index (κ1) is 11.0. The number of hydrogen-bond donors (Lipinski definition) is 2. The van der Waals surface area contributed by atoms with Crippen LogP contribution < -0.4 is 5.32 Å². The molecule has 0 aliphatic carbocycles. The molecule has 0 radical (unpaired) electrons. The first-order chi connectivity index (χ1) is 7.11. The lowest BCUT2D eigenvalue weighted by Gasteiger charge is -2.01. The van der Waals surface area contributed by atoms with E-state index in [0.29, 0.717) is 17.1 Å². The smallest absolute Gasteiger partial charge is 0.248 e. The second-order valence-electron chi connectivity index (χ2n) is 3.04. The van der Waals surface area contributed by atoms with Gasteiger partial charge in [-0.05, 0) is 19.4 Å². The Morgan fingerprint density at radius 1 is 1.47 bits per heavy atom. The standard InChI is InChI=1S/C10H12N4O/c1-7(4-11)3-10(15)14-9-5-12-8(2)13-6-9/h3-6,11H,1-2H3,(H,14,15)/b7-3-,11-4?. The number of nitrogens with zero attached hydrogens (tertiary/aromatic N) is 2. The minimum absolute atomic E-state index is 0.288. The van der Waals surface area contributed by atoms with Gasteiger partial charge in [0.05, 0.1) is 18.1 Å². The van der Waals surface area contributed by atoms with Gasteiger partial charge < -0.3 is 10.7 Å². The second-order valence-corrected chi connectivity index (χ2v) is 3.04. The van der Waals surface area contributed by atoms with Crippen LogP contribution in [0.2, 0.25) is 0 Å². The van der Waals surface area contributed by atoms with E-state index in [0.717, 1.165) is 6.21 Å². The van der Waals surface area contributed by atoms with Gasteiger partial charge in [0.25, 0.3) is 0 Å². The number of rotatable bonds is 3. The van der Waals surface area contributed by atoms with Gasteiger partial charge >= 0.3 is 0 Å². The molecule has 0 saturated heterocycles. The summed E-state index contributed by atoms with van der Waals surface area (Å²) in [4.78, 5) is 19.2. The number of hydrogen-bond acceptors (Lipinski definition) is 4. The number of aromatic nitrogens is 2. The lowest BCUT2D eigenvalue weighted by molar-refractivity contribution is -0.111. The average molecular weight is 204 g/mol. The molecule has 0 bridgehead atoms. The van der Waals surface area contributed by atoms with Crippen LogP contribution in [0.25, 0.3) is 0 Å². The van der Waals surface area contributed by atoms with Crippen LogP contribution in [0.5, 0.6) is 0 Å². The van der Waals surface area contributed by atoms with E-state index in [-0.39, 0.29) is 5.91 Å². The molecule has 0 aliphatic rings. The highest BCUT2D eigenvalue weighted by Gasteiger charge is 1.99. The Bertz CT molecular complexity index is 394. The van der Waals surface area contributed by atoms with Crippen molar-refractivity contribution in [2.75, 3.05) is 5.32 Å². The molecule has 0 fully saturated rings. The van der Waals surface area contributed by atoms with Crippen LogP contribution >= 0.6 is 0 Å². The summed E-state index contributed by atoms with van der Waals surface area (Å²) < 4.78 is 0. The van der Waals surface area contributed by atoms with E-state index < -0.39 is 0 Å². The van der Waals surface area contributed by atoms with Crippen LogP contribution in [0.3, 0.4) is 0 Å². The highest BCUT2D eigenvalue weighted by atomic mass is 16.1. The Hall–Kier alpha value is -2.04. The van der Waals surface area contributed by atoms with Crippen LogP contribution in [0.1, 0.15) is 12.7 Å². The Kier molecular flexibility index (Phi) is 3.68. The van der Waals surface area contributed by atoms with E-state index in [1.165, 1.54) is 18.5 Å². The molecule has 5 nitrogen and oxygen atoms in total. The quantitative estimate of drug-likeness (QED) is 0.575. The van der Waals surface area contributed by atoms with Crippen molar-refractivity contribution in [2.45, 2.75) is 13.8 Å². The summed E-state index contributed by atoms with van der Waals surface area (Å²) in [7, 11) is 0. The molecule has 15 heavy (non-hydrogen) atoms. The maximum atomic E-state index is 11.3. The number of nitrogens with one attached hydrogen (secondary N) is 2. The van der Waals surface area contributed by atoms with Crippen LogP contribution in [0.15, 0.2) is 24.0 Å². The number of anilines is 1. The molecule has 0 saturated carbocycles. The van der Waals surface area contributed by atoms with E-state index in [9.17, 15) is 4.79 Å². The molecule has 0 unspecified atom stereocenters. The maximum Gasteiger partial charge on any atom is 0.248 e. The molecule has 1 amide bonds. The van der Waals surface area contributed by atoms with Gasteiger partial charge in [-0.25, -0.2) is 9.97 Å². The monoisotopic (exact) mass is 204 g/mol. The summed E-state index contributed by atoms with van der Waals surface area (Å²) in [6.07, 6.45) is 5.53. The highest BCUT2D eigenvalue weighted by molar-refractivity contribution is 6.02. The Morgan fingerprint density at radius 3 is 2.60 bits per heavy atom. The van der Waals surface area contributed by atoms with Gasteiger partial charge in [0.15, 0.2) is 0 Å². The maximum absolute atomic E-state index is 11.3. The SMILES string of the molecule is C/C(C=N)=C/C(=O)Nc1cnc(C)nc1. The normalized spacial score (nSPS) is 10.9. The van der Waals surface area contributed by atoms with Crippen molar-refractivity contribution in [1.82, 2.24) is 9.97 Å². The largest absolute Gasteiger partial charge is 0.320 e. The minimum atomic E-state index is -0.288. The third-order valence-electron chi connectivity index (χ3n) is 1.63. The van der Waals surface area contributed by atoms with Crippen LogP contribution in [-0.4, -0.2) is 22.1 Å². The Labute approximate surface area is 87.8 Å². The predicted octanol–water partition coefficient (Wildman–Crippen LogP) is 1.32. The molecule has 0 aliphatic heterocycles. The molecule has 0 aromatic carbocycles. The van der Waals surface area contributed by atoms with Gasteiger partial charge in [0.1, 0.15) is 5.82 Å². The van der Waals surface area contributed by atoms with Crippen molar-refractivity contribution >= 4 is 17.8 Å². The van der Waals surface area contributed by atoms with E-state index >= 15 is 0 Å². The summed E-state index contributed by atoms with van der Waals surface area (Å²) in [5.74, 6) is 0.364. The van der Waals surface area contributed by atoms with Crippen molar-refractivity contribution in [3.8, 4) is 0 Å². The van der Waals surface area contributed by atoms with Gasteiger partial charge in [0.2, 0.25) is 5.91 Å². The molecule has 1 aromatic heterocycles. The van der Waals surface area contributed by atoms with Gasteiger partial charge in [-0.3, -0.25) is 4.79 Å². The van der Waals surface area contributed by atoms with Crippen molar-refractivity contribution in [3.63, 3.8) is 0 Å². The first-order valence-corrected chi connectivity index (χ1v) is 4.40. The fourth-order valence-corrected chi connectivity index (χ4v) is 0.884. The average Bonchev–Trinajstić information content (AvgIpc) is 2.21. The van der Waals surface area contributed by atoms with Crippen molar-refractivity contribution in [3.05, 3.63) is 29.9 Å². The van der Waals surface area contributed by atoms with Crippen LogP contribution in [0.4, 0.5) is 5.69 Å². The molecule has 0 atom stereocenters. The lowest BCUT2D eigenvalue weighted by Crippen LogP contribution is -2.09. The molecule has 5 heteroatoms. The summed E-state index contributed by atoms with van der Waals surface area (Å²) in [6, 6.07) is 0. The molecular formula is C10H12N4O. The van der Waals surface area contributed by atoms with Crippen LogP contribution in [0, 0.1) is 12.3 Å². The zero-order valence-electron chi connectivity index (χ0n) is 8.61. The molecule has 0 spiro atoms. The summed E-state index contributed by atoms with van der Waals surface area (Å²) >= 11 is 0. The number of allylic oxidation sites excluding steroid dienone is 1. The van der Waals surface area contributed by atoms with E-state index in [2.05, 4.69) is 15.3 Å². The number of carbonyl (C=O) groups excluding carboxylic acids is 1. The molecule has 1 rings (SSSR count). The van der Waals surface area contributed by atoms with E-state index in [1.54, 1.807) is 13.8 Å². The minimum Gasteiger partial charge on any atom is -0.320 e. The Balaban J connectivity index is 2.67. The zero-order chi connectivity index (χ0) is 11.3. The lowest BCUT2D eigenvalue weighted by atomic mass is 10.3. The van der Waals surface area contributed by atoms with Gasteiger partial charge in [-0.15, -0.1) is 0 Å². The fraction of sp³-hybridized carbons (Fsp3) is 0.200. The van der Waals surface area contributed by atoms with Crippen molar-refractivity contribution in [2.24, 2.45) is 0 Å². The molecule has 2 N–H and O–H groups in total. The van der Waals surface area contributed by atoms with Crippen molar-refractivity contribution < 1.29 is 4.79 Å². The van der Waals surface area contributed by atoms with E-state index in [1.807, 2.05) is 0 Å². The third kappa shape index (κ3) is 3.68. The second kappa shape index (κ2) is 4.99. The van der Waals surface area contributed by atoms with Gasteiger partial charge in [-0.2, -0.15) is 0 Å². The summed E-state index contributed by atoms with van der Waals surface area (Å²) in [5, 5.41) is 9.50. The summed E-state index contributed by atoms with van der Waals surface area (Å²) in [5.41, 5.74) is 1.13. The van der Waals surface area contributed by atoms with E-state index in [4.69, 9.17) is 5.41 Å².